The van der Waals surface area contributed by atoms with E-state index >= 15 is 0 Å². The molecular weight excluding hydrogens is 401 g/mol. The van der Waals surface area contributed by atoms with Gasteiger partial charge < -0.3 is 19.1 Å². The minimum Gasteiger partial charge on any atom is -0.492 e. The molecule has 4 rings (SSSR count). The standard InChI is InChI=1S/C21H21Cl2NO4/c1-13-10-14(2)19-16(11-13)21(27-8-9-28-21)20(25)24(19)6-3-7-26-18-5-4-15(22)12-17(18)23/h4-5,10-12H,3,6-9H2,1-2H3. The third-order valence-electron chi connectivity index (χ3n) is 4.97. The van der Waals surface area contributed by atoms with Gasteiger partial charge in [0.25, 0.3) is 11.7 Å². The van der Waals surface area contributed by atoms with Gasteiger partial charge in [-0.15, -0.1) is 0 Å². The molecule has 148 valence electrons. The Kier molecular flexibility index (Phi) is 5.27. The van der Waals surface area contributed by atoms with Crippen molar-refractivity contribution in [2.24, 2.45) is 0 Å². The molecular formula is C21H21Cl2NO4. The number of hydrogen-bond acceptors (Lipinski definition) is 4. The van der Waals surface area contributed by atoms with Crippen LogP contribution in [0.3, 0.4) is 0 Å². The van der Waals surface area contributed by atoms with Gasteiger partial charge in [-0.1, -0.05) is 34.8 Å². The highest BCUT2D eigenvalue weighted by atomic mass is 35.5. The van der Waals surface area contributed by atoms with Gasteiger partial charge in [-0.05, 0) is 50.1 Å². The summed E-state index contributed by atoms with van der Waals surface area (Å²) in [6.45, 7) is 5.74. The van der Waals surface area contributed by atoms with E-state index < -0.39 is 5.79 Å². The first-order valence-corrected chi connectivity index (χ1v) is 9.97. The van der Waals surface area contributed by atoms with E-state index in [9.17, 15) is 4.79 Å². The number of hydrogen-bond donors (Lipinski definition) is 0. The number of carbonyl (C=O) groups is 1. The summed E-state index contributed by atoms with van der Waals surface area (Å²) in [4.78, 5) is 15.0. The summed E-state index contributed by atoms with van der Waals surface area (Å²) < 4.78 is 17.4. The first kappa shape index (κ1) is 19.5. The summed E-state index contributed by atoms with van der Waals surface area (Å²) in [5.74, 6) is -0.893. The lowest BCUT2D eigenvalue weighted by molar-refractivity contribution is -0.180. The van der Waals surface area contributed by atoms with E-state index in [1.165, 1.54) is 0 Å². The summed E-state index contributed by atoms with van der Waals surface area (Å²) in [5.41, 5.74) is 3.78. The van der Waals surface area contributed by atoms with Crippen molar-refractivity contribution in [3.05, 3.63) is 57.1 Å². The second-order valence-corrected chi connectivity index (χ2v) is 7.87. The fraction of sp³-hybridized carbons (Fsp3) is 0.381. The van der Waals surface area contributed by atoms with Gasteiger partial charge in [-0.25, -0.2) is 0 Å². The smallest absolute Gasteiger partial charge is 0.292 e. The highest BCUT2D eigenvalue weighted by molar-refractivity contribution is 6.35. The molecule has 2 aliphatic rings. The number of halogens is 2. The van der Waals surface area contributed by atoms with Gasteiger partial charge in [0.1, 0.15) is 5.75 Å². The van der Waals surface area contributed by atoms with E-state index in [4.69, 9.17) is 37.4 Å². The molecule has 0 aliphatic carbocycles. The quantitative estimate of drug-likeness (QED) is 0.660. The van der Waals surface area contributed by atoms with E-state index in [0.29, 0.717) is 48.6 Å². The molecule has 0 radical (unpaired) electrons. The van der Waals surface area contributed by atoms with Crippen molar-refractivity contribution < 1.29 is 19.0 Å². The maximum Gasteiger partial charge on any atom is 0.292 e. The predicted octanol–water partition coefficient (Wildman–Crippen LogP) is 4.63. The Hall–Kier alpha value is -1.79. The highest BCUT2D eigenvalue weighted by Crippen LogP contribution is 2.47. The maximum atomic E-state index is 13.2. The van der Waals surface area contributed by atoms with E-state index in [0.717, 1.165) is 22.4 Å². The number of benzene rings is 2. The first-order chi connectivity index (χ1) is 13.4. The minimum absolute atomic E-state index is 0.168. The van der Waals surface area contributed by atoms with E-state index in [1.807, 2.05) is 19.9 Å². The molecule has 0 N–H and O–H groups in total. The van der Waals surface area contributed by atoms with Gasteiger partial charge in [0.15, 0.2) is 0 Å². The molecule has 7 heteroatoms. The fourth-order valence-electron chi connectivity index (χ4n) is 3.87. The summed E-state index contributed by atoms with van der Waals surface area (Å²) in [6.07, 6.45) is 0.632. The maximum absolute atomic E-state index is 13.2. The molecule has 0 saturated carbocycles. The molecule has 0 aromatic heterocycles. The Morgan fingerprint density at radius 3 is 2.61 bits per heavy atom. The number of amides is 1. The van der Waals surface area contributed by atoms with Crippen LogP contribution in [-0.2, 0) is 20.1 Å². The van der Waals surface area contributed by atoms with Gasteiger partial charge >= 0.3 is 0 Å². The van der Waals surface area contributed by atoms with Gasteiger partial charge in [-0.3, -0.25) is 4.79 Å². The molecule has 2 aliphatic heterocycles. The van der Waals surface area contributed by atoms with E-state index in [2.05, 4.69) is 6.07 Å². The monoisotopic (exact) mass is 421 g/mol. The largest absolute Gasteiger partial charge is 0.492 e. The second-order valence-electron chi connectivity index (χ2n) is 7.03. The topological polar surface area (TPSA) is 48.0 Å². The van der Waals surface area contributed by atoms with Crippen LogP contribution in [0.15, 0.2) is 30.3 Å². The van der Waals surface area contributed by atoms with Crippen LogP contribution in [0.4, 0.5) is 5.69 Å². The van der Waals surface area contributed by atoms with E-state index in [1.54, 1.807) is 23.1 Å². The van der Waals surface area contributed by atoms with Gasteiger partial charge in [-0.2, -0.15) is 0 Å². The van der Waals surface area contributed by atoms with E-state index in [-0.39, 0.29) is 5.91 Å². The molecule has 0 unspecified atom stereocenters. The average Bonchev–Trinajstić information content (AvgIpc) is 3.21. The molecule has 5 nitrogen and oxygen atoms in total. The zero-order valence-corrected chi connectivity index (χ0v) is 17.3. The van der Waals surface area contributed by atoms with Crippen LogP contribution >= 0.6 is 23.2 Å². The van der Waals surface area contributed by atoms with Crippen LogP contribution in [-0.4, -0.2) is 32.3 Å². The second kappa shape index (κ2) is 7.56. The van der Waals surface area contributed by atoms with Crippen molar-refractivity contribution in [1.29, 1.82) is 0 Å². The molecule has 0 atom stereocenters. The molecule has 2 heterocycles. The van der Waals surface area contributed by atoms with Gasteiger partial charge in [0.2, 0.25) is 0 Å². The SMILES string of the molecule is Cc1cc(C)c2c(c1)C1(OCCO1)C(=O)N2CCCOc1ccc(Cl)cc1Cl. The number of fused-ring (bicyclic) bond motifs is 2. The molecule has 1 amide bonds. The summed E-state index contributed by atoms with van der Waals surface area (Å²) in [6, 6.07) is 9.16. The lowest BCUT2D eigenvalue weighted by Gasteiger charge is -2.22. The van der Waals surface area contributed by atoms with Crippen molar-refractivity contribution >= 4 is 34.8 Å². The first-order valence-electron chi connectivity index (χ1n) is 9.22. The van der Waals surface area contributed by atoms with Crippen LogP contribution in [0.2, 0.25) is 10.0 Å². The molecule has 1 saturated heterocycles. The third-order valence-corrected chi connectivity index (χ3v) is 5.50. The molecule has 2 aromatic carbocycles. The predicted molar refractivity (Wildman–Crippen MR) is 108 cm³/mol. The van der Waals surface area contributed by atoms with Crippen LogP contribution in [0.1, 0.15) is 23.1 Å². The minimum atomic E-state index is -1.30. The van der Waals surface area contributed by atoms with Crippen molar-refractivity contribution in [1.82, 2.24) is 0 Å². The molecule has 1 fully saturated rings. The Bertz CT molecular complexity index is 925. The van der Waals surface area contributed by atoms with Crippen LogP contribution in [0.25, 0.3) is 0 Å². The Morgan fingerprint density at radius 2 is 1.89 bits per heavy atom. The summed E-state index contributed by atoms with van der Waals surface area (Å²) in [5, 5.41) is 1.03. The number of ether oxygens (including phenoxy) is 3. The van der Waals surface area contributed by atoms with Crippen molar-refractivity contribution in [3.63, 3.8) is 0 Å². The normalized spacial score (nSPS) is 17.4. The highest BCUT2D eigenvalue weighted by Gasteiger charge is 2.56. The number of nitrogens with zero attached hydrogens (tertiary/aromatic N) is 1. The van der Waals surface area contributed by atoms with Crippen molar-refractivity contribution in [2.75, 3.05) is 31.3 Å². The molecule has 2 aromatic rings. The number of rotatable bonds is 5. The van der Waals surface area contributed by atoms with Crippen molar-refractivity contribution in [3.8, 4) is 5.75 Å². The Morgan fingerprint density at radius 1 is 1.14 bits per heavy atom. The van der Waals surface area contributed by atoms with Crippen LogP contribution in [0, 0.1) is 13.8 Å². The summed E-state index contributed by atoms with van der Waals surface area (Å²) in [7, 11) is 0. The lowest BCUT2D eigenvalue weighted by Crippen LogP contribution is -2.41. The zero-order chi connectivity index (χ0) is 19.9. The Labute approximate surface area is 174 Å². The number of anilines is 1. The van der Waals surface area contributed by atoms with Crippen molar-refractivity contribution in [2.45, 2.75) is 26.1 Å². The van der Waals surface area contributed by atoms with Gasteiger partial charge in [0.05, 0.1) is 30.5 Å². The third kappa shape index (κ3) is 3.26. The number of carbonyl (C=O) groups excluding carboxylic acids is 1. The molecule has 0 bridgehead atoms. The molecule has 28 heavy (non-hydrogen) atoms. The molecule has 1 spiro atoms. The Balaban J connectivity index is 1.50. The average molecular weight is 422 g/mol. The van der Waals surface area contributed by atoms with Crippen LogP contribution < -0.4 is 9.64 Å². The van der Waals surface area contributed by atoms with Crippen LogP contribution in [0.5, 0.6) is 5.75 Å². The lowest BCUT2D eigenvalue weighted by atomic mass is 10.0. The number of aryl methyl sites for hydroxylation is 2. The zero-order valence-electron chi connectivity index (χ0n) is 15.8. The van der Waals surface area contributed by atoms with Gasteiger partial charge in [0, 0.05) is 17.1 Å². The summed E-state index contributed by atoms with van der Waals surface area (Å²) >= 11 is 12.0. The fourth-order valence-corrected chi connectivity index (χ4v) is 4.33.